The van der Waals surface area contributed by atoms with Gasteiger partial charge in [-0.1, -0.05) is 30.3 Å². The number of hydrogen-bond acceptors (Lipinski definition) is 1. The Bertz CT molecular complexity index is 292. The zero-order valence-corrected chi connectivity index (χ0v) is 6.60. The van der Waals surface area contributed by atoms with Crippen molar-refractivity contribution in [1.82, 2.24) is 0 Å². The molecule has 2 nitrogen and oxygen atoms in total. The van der Waals surface area contributed by atoms with Crippen LogP contribution < -0.4 is 0 Å². The molecule has 2 rings (SSSR count). The lowest BCUT2D eigenvalue weighted by molar-refractivity contribution is -0.138. The van der Waals surface area contributed by atoms with Gasteiger partial charge >= 0.3 is 5.97 Å². The third-order valence-corrected chi connectivity index (χ3v) is 2.34. The quantitative estimate of drug-likeness (QED) is 0.720. The van der Waals surface area contributed by atoms with Crippen molar-refractivity contribution in [3.05, 3.63) is 35.9 Å². The largest absolute Gasteiger partial charge is 0.481 e. The molecule has 12 heavy (non-hydrogen) atoms. The average Bonchev–Trinajstić information content (AvgIpc) is 2.84. The van der Waals surface area contributed by atoms with Gasteiger partial charge in [-0.3, -0.25) is 4.79 Å². The van der Waals surface area contributed by atoms with Gasteiger partial charge in [0.05, 0.1) is 5.92 Å². The number of aliphatic carboxylic acids is 1. The summed E-state index contributed by atoms with van der Waals surface area (Å²) >= 11 is 0. The van der Waals surface area contributed by atoms with Gasteiger partial charge in [-0.25, -0.2) is 0 Å². The molecule has 1 aromatic rings. The van der Waals surface area contributed by atoms with Crippen molar-refractivity contribution in [1.29, 1.82) is 0 Å². The first-order valence-electron chi connectivity index (χ1n) is 4.07. The topological polar surface area (TPSA) is 37.3 Å². The van der Waals surface area contributed by atoms with Crippen molar-refractivity contribution in [2.24, 2.45) is 5.92 Å². The van der Waals surface area contributed by atoms with Crippen molar-refractivity contribution in [2.45, 2.75) is 12.3 Å². The summed E-state index contributed by atoms with van der Waals surface area (Å²) in [6.07, 6.45) is 0.805. The van der Waals surface area contributed by atoms with E-state index in [2.05, 4.69) is 0 Å². The predicted molar refractivity (Wildman–Crippen MR) is 44.9 cm³/mol. The van der Waals surface area contributed by atoms with Gasteiger partial charge in [-0.15, -0.1) is 0 Å². The minimum atomic E-state index is -0.663. The average molecular weight is 162 g/mol. The number of rotatable bonds is 2. The van der Waals surface area contributed by atoms with Crippen molar-refractivity contribution in [3.8, 4) is 0 Å². The summed E-state index contributed by atoms with van der Waals surface area (Å²) in [5.74, 6) is -0.528. The molecule has 2 atom stereocenters. The first-order valence-corrected chi connectivity index (χ1v) is 4.07. The molecule has 2 heteroatoms. The molecule has 0 aliphatic heterocycles. The fourth-order valence-corrected chi connectivity index (χ4v) is 1.54. The van der Waals surface area contributed by atoms with E-state index >= 15 is 0 Å². The summed E-state index contributed by atoms with van der Waals surface area (Å²) in [7, 11) is 0. The minimum absolute atomic E-state index is 0.132. The van der Waals surface area contributed by atoms with Crippen LogP contribution in [0.3, 0.4) is 0 Å². The lowest BCUT2D eigenvalue weighted by Gasteiger charge is -1.95. The van der Waals surface area contributed by atoms with E-state index in [1.165, 1.54) is 0 Å². The van der Waals surface area contributed by atoms with Crippen LogP contribution in [0.4, 0.5) is 0 Å². The van der Waals surface area contributed by atoms with Crippen LogP contribution in [0.15, 0.2) is 30.3 Å². The summed E-state index contributed by atoms with van der Waals surface area (Å²) in [6, 6.07) is 9.84. The number of benzene rings is 1. The number of carbonyl (C=O) groups is 1. The van der Waals surface area contributed by atoms with Crippen LogP contribution in [0.1, 0.15) is 17.9 Å². The Labute approximate surface area is 70.8 Å². The molecule has 0 spiro atoms. The van der Waals surface area contributed by atoms with Crippen LogP contribution >= 0.6 is 0 Å². The van der Waals surface area contributed by atoms with Gasteiger partial charge in [0.15, 0.2) is 0 Å². The Balaban J connectivity index is 2.11. The van der Waals surface area contributed by atoms with E-state index in [-0.39, 0.29) is 11.8 Å². The molecule has 1 saturated carbocycles. The highest BCUT2D eigenvalue weighted by molar-refractivity contribution is 5.75. The van der Waals surface area contributed by atoms with Crippen molar-refractivity contribution < 1.29 is 9.90 Å². The van der Waals surface area contributed by atoms with Crippen molar-refractivity contribution in [2.75, 3.05) is 0 Å². The molecule has 1 N–H and O–H groups in total. The van der Waals surface area contributed by atoms with E-state index in [0.717, 1.165) is 12.0 Å². The summed E-state index contributed by atoms with van der Waals surface area (Å²) in [6.45, 7) is 0. The lowest BCUT2D eigenvalue weighted by atomic mass is 10.1. The number of carboxylic acids is 1. The van der Waals surface area contributed by atoms with Crippen LogP contribution in [-0.4, -0.2) is 11.1 Å². The molecule has 1 aliphatic carbocycles. The van der Waals surface area contributed by atoms with Crippen LogP contribution in [-0.2, 0) is 4.79 Å². The second-order valence-electron chi connectivity index (χ2n) is 3.20. The van der Waals surface area contributed by atoms with E-state index < -0.39 is 5.97 Å². The third kappa shape index (κ3) is 1.20. The van der Waals surface area contributed by atoms with E-state index in [1.54, 1.807) is 0 Å². The third-order valence-electron chi connectivity index (χ3n) is 2.34. The minimum Gasteiger partial charge on any atom is -0.481 e. The standard InChI is InChI=1S/C10H10O2/c11-10(12)9-6-8(9)7-4-2-1-3-5-7/h1-5,8-9H,6H2,(H,11,12)/t8-,9-/m0/s1. The highest BCUT2D eigenvalue weighted by atomic mass is 16.4. The van der Waals surface area contributed by atoms with Gasteiger partial charge in [0, 0.05) is 0 Å². The normalized spacial score (nSPS) is 26.7. The molecule has 0 amide bonds. The van der Waals surface area contributed by atoms with Gasteiger partial charge in [-0.2, -0.15) is 0 Å². The predicted octanol–water partition coefficient (Wildman–Crippen LogP) is 1.87. The maximum absolute atomic E-state index is 10.5. The van der Waals surface area contributed by atoms with Crippen LogP contribution in [0.25, 0.3) is 0 Å². The van der Waals surface area contributed by atoms with E-state index in [1.807, 2.05) is 30.3 Å². The Kier molecular flexibility index (Phi) is 1.61. The summed E-state index contributed by atoms with van der Waals surface area (Å²) < 4.78 is 0. The molecule has 0 aromatic heterocycles. The first-order chi connectivity index (χ1) is 5.79. The molecule has 1 aliphatic rings. The second-order valence-corrected chi connectivity index (χ2v) is 3.20. The lowest BCUT2D eigenvalue weighted by Crippen LogP contribution is -1.98. The van der Waals surface area contributed by atoms with Gasteiger partial charge in [0.25, 0.3) is 0 Å². The Morgan fingerprint density at radius 2 is 2.00 bits per heavy atom. The Morgan fingerprint density at radius 3 is 2.50 bits per heavy atom. The van der Waals surface area contributed by atoms with Crippen LogP contribution in [0.5, 0.6) is 0 Å². The highest BCUT2D eigenvalue weighted by Crippen LogP contribution is 2.47. The fourth-order valence-electron chi connectivity index (χ4n) is 1.54. The van der Waals surface area contributed by atoms with Gasteiger partial charge in [0.1, 0.15) is 0 Å². The molecule has 0 bridgehead atoms. The molecule has 0 radical (unpaired) electrons. The number of hydrogen-bond donors (Lipinski definition) is 1. The zero-order chi connectivity index (χ0) is 8.55. The summed E-state index contributed by atoms with van der Waals surface area (Å²) in [5, 5.41) is 8.68. The molecule has 1 fully saturated rings. The molecular formula is C10H10O2. The maximum atomic E-state index is 10.5. The molecule has 62 valence electrons. The summed E-state index contributed by atoms with van der Waals surface area (Å²) in [5.41, 5.74) is 1.16. The smallest absolute Gasteiger partial charge is 0.307 e. The fraction of sp³-hybridized carbons (Fsp3) is 0.300. The number of carboxylic acid groups (broad SMARTS) is 1. The van der Waals surface area contributed by atoms with Crippen molar-refractivity contribution in [3.63, 3.8) is 0 Å². The monoisotopic (exact) mass is 162 g/mol. The summed E-state index contributed by atoms with van der Waals surface area (Å²) in [4.78, 5) is 10.5. The van der Waals surface area contributed by atoms with Gasteiger partial charge < -0.3 is 5.11 Å². The van der Waals surface area contributed by atoms with Crippen molar-refractivity contribution >= 4 is 5.97 Å². The van der Waals surface area contributed by atoms with Gasteiger partial charge in [-0.05, 0) is 17.9 Å². The van der Waals surface area contributed by atoms with E-state index in [4.69, 9.17) is 5.11 Å². The molecule has 1 aromatic carbocycles. The van der Waals surface area contributed by atoms with E-state index in [9.17, 15) is 4.79 Å². The van der Waals surface area contributed by atoms with Crippen LogP contribution in [0.2, 0.25) is 0 Å². The van der Waals surface area contributed by atoms with Crippen LogP contribution in [0, 0.1) is 5.92 Å². The maximum Gasteiger partial charge on any atom is 0.307 e. The Morgan fingerprint density at radius 1 is 1.33 bits per heavy atom. The second kappa shape index (κ2) is 2.63. The molecule has 0 heterocycles. The Hall–Kier alpha value is -1.31. The van der Waals surface area contributed by atoms with Gasteiger partial charge in [0.2, 0.25) is 0 Å². The molecular weight excluding hydrogens is 152 g/mol. The van der Waals surface area contributed by atoms with E-state index in [0.29, 0.717) is 0 Å². The SMILES string of the molecule is O=C(O)[C@H]1C[C@H]1c1ccccc1. The molecule has 0 unspecified atom stereocenters. The molecule has 0 saturated heterocycles. The first kappa shape index (κ1) is 7.35. The zero-order valence-electron chi connectivity index (χ0n) is 6.60. The highest BCUT2D eigenvalue weighted by Gasteiger charge is 2.43.